The summed E-state index contributed by atoms with van der Waals surface area (Å²) < 4.78 is 5.58. The molecule has 0 unspecified atom stereocenters. The van der Waals surface area contributed by atoms with Crippen molar-refractivity contribution >= 4 is 23.2 Å². The summed E-state index contributed by atoms with van der Waals surface area (Å²) in [5.74, 6) is 0.719. The zero-order valence-corrected chi connectivity index (χ0v) is 14.5. The molecule has 0 aromatic heterocycles. The topological polar surface area (TPSA) is 67.4 Å². The summed E-state index contributed by atoms with van der Waals surface area (Å²) >= 11 is 0. The zero-order chi connectivity index (χ0) is 17.9. The number of carbonyl (C=O) groups excluding carboxylic acids is 2. The molecular weight excluding hydrogens is 316 g/mol. The first-order valence-electron chi connectivity index (χ1n) is 8.40. The molecule has 25 heavy (non-hydrogen) atoms. The van der Waals surface area contributed by atoms with Crippen molar-refractivity contribution in [3.63, 3.8) is 0 Å². The molecule has 0 fully saturated rings. The maximum atomic E-state index is 12.1. The largest absolute Gasteiger partial charge is 0.494 e. The Morgan fingerprint density at radius 1 is 1.16 bits per heavy atom. The third kappa shape index (κ3) is 3.82. The zero-order valence-electron chi connectivity index (χ0n) is 14.5. The van der Waals surface area contributed by atoms with Crippen LogP contribution in [-0.4, -0.2) is 18.4 Å². The van der Waals surface area contributed by atoms with Crippen LogP contribution in [0.1, 0.15) is 32.3 Å². The first kappa shape index (κ1) is 17.0. The molecule has 1 aliphatic rings. The summed E-state index contributed by atoms with van der Waals surface area (Å²) in [6.45, 7) is 4.24. The van der Waals surface area contributed by atoms with Gasteiger partial charge in [-0.15, -0.1) is 0 Å². The van der Waals surface area contributed by atoms with E-state index in [4.69, 9.17) is 4.74 Å². The Bertz CT molecular complexity index is 785. The maximum absolute atomic E-state index is 12.1. The molecule has 1 aliphatic heterocycles. The Balaban J connectivity index is 1.51. The fourth-order valence-corrected chi connectivity index (χ4v) is 2.81. The number of ether oxygens (including phenoxy) is 1. The molecule has 0 saturated carbocycles. The highest BCUT2D eigenvalue weighted by atomic mass is 16.5. The monoisotopic (exact) mass is 338 g/mol. The van der Waals surface area contributed by atoms with Crippen molar-refractivity contribution in [2.45, 2.75) is 32.1 Å². The van der Waals surface area contributed by atoms with Crippen LogP contribution in [0.3, 0.4) is 0 Å². The number of carbonyl (C=O) groups is 2. The Morgan fingerprint density at radius 3 is 2.68 bits per heavy atom. The fourth-order valence-electron chi connectivity index (χ4n) is 2.81. The summed E-state index contributed by atoms with van der Waals surface area (Å²) in [5, 5.41) is 5.75. The van der Waals surface area contributed by atoms with Crippen LogP contribution in [0, 0.1) is 0 Å². The summed E-state index contributed by atoms with van der Waals surface area (Å²) in [6, 6.07) is 15.0. The summed E-state index contributed by atoms with van der Waals surface area (Å²) in [7, 11) is 0. The number of anilines is 2. The van der Waals surface area contributed by atoms with E-state index in [-0.39, 0.29) is 11.8 Å². The quantitative estimate of drug-likeness (QED) is 0.789. The van der Waals surface area contributed by atoms with Gasteiger partial charge in [0.25, 0.3) is 0 Å². The summed E-state index contributed by atoms with van der Waals surface area (Å²) in [5.41, 5.74) is 1.84. The van der Waals surface area contributed by atoms with Crippen molar-refractivity contribution in [2.24, 2.45) is 0 Å². The third-order valence-corrected chi connectivity index (χ3v) is 4.35. The van der Waals surface area contributed by atoms with Gasteiger partial charge >= 0.3 is 0 Å². The van der Waals surface area contributed by atoms with E-state index in [9.17, 15) is 9.59 Å². The smallest absolute Gasteiger partial charge is 0.234 e. The summed E-state index contributed by atoms with van der Waals surface area (Å²) in [6.07, 6.45) is 1.02. The van der Waals surface area contributed by atoms with Crippen LogP contribution in [0.5, 0.6) is 5.75 Å². The van der Waals surface area contributed by atoms with Crippen molar-refractivity contribution < 1.29 is 14.3 Å². The molecule has 0 spiro atoms. The molecule has 3 rings (SSSR count). The molecular formula is C20H22N2O3. The number of amides is 2. The lowest BCUT2D eigenvalue weighted by Gasteiger charge is -2.16. The molecule has 2 amide bonds. The number of para-hydroxylation sites is 1. The fraction of sp³-hybridized carbons (Fsp3) is 0.300. The van der Waals surface area contributed by atoms with Crippen LogP contribution in [0.15, 0.2) is 48.5 Å². The van der Waals surface area contributed by atoms with Gasteiger partial charge < -0.3 is 15.4 Å². The Labute approximate surface area is 147 Å². The number of hydrogen-bond acceptors (Lipinski definition) is 3. The van der Waals surface area contributed by atoms with E-state index in [0.717, 1.165) is 17.0 Å². The second kappa shape index (κ2) is 6.97. The second-order valence-corrected chi connectivity index (χ2v) is 6.65. The molecule has 2 aromatic rings. The minimum absolute atomic E-state index is 0.0240. The SMILES string of the molecule is CC1(C)C(=O)Nc2ccc(NC(=O)CCCOc3ccccc3)cc21. The normalized spacial score (nSPS) is 14.6. The number of benzene rings is 2. The Morgan fingerprint density at radius 2 is 1.92 bits per heavy atom. The van der Waals surface area contributed by atoms with Gasteiger partial charge in [0, 0.05) is 17.8 Å². The number of nitrogens with one attached hydrogen (secondary N) is 2. The lowest BCUT2D eigenvalue weighted by Crippen LogP contribution is -2.26. The second-order valence-electron chi connectivity index (χ2n) is 6.65. The van der Waals surface area contributed by atoms with Gasteiger partial charge in [-0.1, -0.05) is 18.2 Å². The molecule has 0 atom stereocenters. The lowest BCUT2D eigenvalue weighted by molar-refractivity contribution is -0.119. The Kier molecular flexibility index (Phi) is 4.74. The van der Waals surface area contributed by atoms with Crippen LogP contribution in [0.4, 0.5) is 11.4 Å². The third-order valence-electron chi connectivity index (χ3n) is 4.35. The molecule has 0 bridgehead atoms. The highest BCUT2D eigenvalue weighted by molar-refractivity contribution is 6.06. The van der Waals surface area contributed by atoms with Crippen molar-refractivity contribution in [1.82, 2.24) is 0 Å². The minimum atomic E-state index is -0.584. The molecule has 0 saturated heterocycles. The molecule has 2 N–H and O–H groups in total. The van der Waals surface area contributed by atoms with Crippen molar-refractivity contribution in [3.05, 3.63) is 54.1 Å². The van der Waals surface area contributed by atoms with Crippen LogP contribution in [-0.2, 0) is 15.0 Å². The van der Waals surface area contributed by atoms with E-state index < -0.39 is 5.41 Å². The molecule has 2 aromatic carbocycles. The van der Waals surface area contributed by atoms with Gasteiger partial charge in [-0.3, -0.25) is 9.59 Å². The molecule has 5 nitrogen and oxygen atoms in total. The van der Waals surface area contributed by atoms with Crippen LogP contribution >= 0.6 is 0 Å². The number of fused-ring (bicyclic) bond motifs is 1. The summed E-state index contributed by atoms with van der Waals surface area (Å²) in [4.78, 5) is 24.1. The highest BCUT2D eigenvalue weighted by Crippen LogP contribution is 2.38. The first-order chi connectivity index (χ1) is 12.0. The lowest BCUT2D eigenvalue weighted by atomic mass is 9.86. The maximum Gasteiger partial charge on any atom is 0.234 e. The van der Waals surface area contributed by atoms with E-state index in [1.165, 1.54) is 0 Å². The van der Waals surface area contributed by atoms with Crippen LogP contribution in [0.25, 0.3) is 0 Å². The van der Waals surface area contributed by atoms with Gasteiger partial charge in [-0.2, -0.15) is 0 Å². The molecule has 130 valence electrons. The predicted molar refractivity (Wildman–Crippen MR) is 97.9 cm³/mol. The average molecular weight is 338 g/mol. The van der Waals surface area contributed by atoms with E-state index in [1.54, 1.807) is 6.07 Å². The molecule has 1 heterocycles. The van der Waals surface area contributed by atoms with Crippen molar-refractivity contribution in [1.29, 1.82) is 0 Å². The Hall–Kier alpha value is -2.82. The van der Waals surface area contributed by atoms with Crippen molar-refractivity contribution in [2.75, 3.05) is 17.2 Å². The highest BCUT2D eigenvalue weighted by Gasteiger charge is 2.38. The average Bonchev–Trinajstić information content (AvgIpc) is 2.82. The van der Waals surface area contributed by atoms with Gasteiger partial charge in [0.2, 0.25) is 11.8 Å². The number of rotatable bonds is 6. The number of hydrogen-bond donors (Lipinski definition) is 2. The minimum Gasteiger partial charge on any atom is -0.494 e. The molecule has 5 heteroatoms. The van der Waals surface area contributed by atoms with Gasteiger partial charge in [-0.25, -0.2) is 0 Å². The van der Waals surface area contributed by atoms with Crippen molar-refractivity contribution in [3.8, 4) is 5.75 Å². The predicted octanol–water partition coefficient (Wildman–Crippen LogP) is 3.71. The van der Waals surface area contributed by atoms with E-state index in [2.05, 4.69) is 10.6 Å². The standard InChI is InChI=1S/C20H22N2O3/c1-20(2)16-13-14(10-11-17(16)22-19(20)24)21-18(23)9-6-12-25-15-7-4-3-5-8-15/h3-5,7-8,10-11,13H,6,9,12H2,1-2H3,(H,21,23)(H,22,24). The van der Waals surface area contributed by atoms with Gasteiger partial charge in [0.1, 0.15) is 5.75 Å². The van der Waals surface area contributed by atoms with Crippen LogP contribution < -0.4 is 15.4 Å². The molecule has 0 radical (unpaired) electrons. The van der Waals surface area contributed by atoms with Gasteiger partial charge in [-0.05, 0) is 56.2 Å². The molecule has 0 aliphatic carbocycles. The first-order valence-corrected chi connectivity index (χ1v) is 8.40. The van der Waals surface area contributed by atoms with E-state index >= 15 is 0 Å². The van der Waals surface area contributed by atoms with Crippen LogP contribution in [0.2, 0.25) is 0 Å². The van der Waals surface area contributed by atoms with E-state index in [1.807, 2.05) is 56.3 Å². The van der Waals surface area contributed by atoms with E-state index in [0.29, 0.717) is 25.1 Å². The van der Waals surface area contributed by atoms with Gasteiger partial charge in [0.15, 0.2) is 0 Å². The van der Waals surface area contributed by atoms with Gasteiger partial charge in [0.05, 0.1) is 12.0 Å².